The van der Waals surface area contributed by atoms with Gasteiger partial charge in [0.25, 0.3) is 0 Å². The minimum atomic E-state index is 0.0821. The number of nitrogens with zero attached hydrogens (tertiary/aromatic N) is 1. The van der Waals surface area contributed by atoms with Crippen LogP contribution in [-0.4, -0.2) is 23.4 Å². The Morgan fingerprint density at radius 3 is 2.70 bits per heavy atom. The van der Waals surface area contributed by atoms with Crippen molar-refractivity contribution in [1.29, 1.82) is 0 Å². The van der Waals surface area contributed by atoms with Crippen molar-refractivity contribution in [3.63, 3.8) is 0 Å². The van der Waals surface area contributed by atoms with Gasteiger partial charge in [-0.3, -0.25) is 0 Å². The number of hydrogen-bond acceptors (Lipinski definition) is 4. The van der Waals surface area contributed by atoms with Crippen molar-refractivity contribution in [3.05, 3.63) is 52.3 Å². The third kappa shape index (κ3) is 4.16. The lowest BCUT2D eigenvalue weighted by molar-refractivity contribution is 0.270. The van der Waals surface area contributed by atoms with Gasteiger partial charge in [-0.1, -0.05) is 35.5 Å². The fourth-order valence-corrected chi connectivity index (χ4v) is 2.46. The minimum absolute atomic E-state index is 0.0821. The first-order chi connectivity index (χ1) is 9.70. The molecule has 5 heteroatoms. The molecule has 0 aliphatic carbocycles. The maximum absolute atomic E-state index is 9.22. The van der Waals surface area contributed by atoms with E-state index in [1.165, 1.54) is 5.56 Å². The van der Waals surface area contributed by atoms with Crippen LogP contribution < -0.4 is 5.32 Å². The molecule has 2 unspecified atom stereocenters. The number of nitrogens with one attached hydrogen (secondary N) is 1. The Kier molecular flexibility index (Phi) is 5.76. The summed E-state index contributed by atoms with van der Waals surface area (Å²) in [5.74, 6) is 1.09. The van der Waals surface area contributed by atoms with Crippen LogP contribution in [0.15, 0.2) is 45.5 Å². The lowest BCUT2D eigenvalue weighted by Gasteiger charge is -2.19. The number of rotatable bonds is 7. The van der Waals surface area contributed by atoms with Crippen LogP contribution in [0, 0.1) is 0 Å². The molecule has 0 saturated heterocycles. The van der Waals surface area contributed by atoms with E-state index in [4.69, 9.17) is 4.52 Å². The second-order valence-corrected chi connectivity index (χ2v) is 5.61. The van der Waals surface area contributed by atoms with Crippen molar-refractivity contribution in [2.75, 3.05) is 13.2 Å². The smallest absolute Gasteiger partial charge is 0.154 e. The maximum Gasteiger partial charge on any atom is 0.154 e. The summed E-state index contributed by atoms with van der Waals surface area (Å²) >= 11 is 3.28. The van der Waals surface area contributed by atoms with Gasteiger partial charge in [-0.25, -0.2) is 0 Å². The van der Waals surface area contributed by atoms with E-state index in [0.717, 1.165) is 18.7 Å². The molecule has 1 aromatic carbocycles. The third-order valence-electron chi connectivity index (χ3n) is 3.35. The number of aliphatic hydroxyl groups is 1. The van der Waals surface area contributed by atoms with Gasteiger partial charge in [0.05, 0.1) is 6.04 Å². The second-order valence-electron chi connectivity index (χ2n) is 4.80. The molecule has 2 atom stereocenters. The molecule has 20 heavy (non-hydrogen) atoms. The molecule has 0 aliphatic heterocycles. The highest BCUT2D eigenvalue weighted by Crippen LogP contribution is 2.21. The van der Waals surface area contributed by atoms with E-state index in [-0.39, 0.29) is 18.6 Å². The Morgan fingerprint density at radius 2 is 2.10 bits per heavy atom. The molecule has 0 spiro atoms. The van der Waals surface area contributed by atoms with Gasteiger partial charge < -0.3 is 14.9 Å². The van der Waals surface area contributed by atoms with Gasteiger partial charge in [-0.15, -0.1) is 0 Å². The number of halogens is 1. The fraction of sp³-hybridized carbons (Fsp3) is 0.400. The summed E-state index contributed by atoms with van der Waals surface area (Å²) in [6, 6.07) is 12.2. The average Bonchev–Trinajstić information content (AvgIpc) is 2.91. The molecular formula is C15H19BrN2O2. The van der Waals surface area contributed by atoms with E-state index in [9.17, 15) is 5.11 Å². The Labute approximate surface area is 127 Å². The van der Waals surface area contributed by atoms with Crippen molar-refractivity contribution < 1.29 is 9.63 Å². The van der Waals surface area contributed by atoms with E-state index >= 15 is 0 Å². The molecule has 1 heterocycles. The lowest BCUT2D eigenvalue weighted by Crippen LogP contribution is -2.25. The highest BCUT2D eigenvalue weighted by atomic mass is 79.9. The molecule has 2 rings (SSSR count). The lowest BCUT2D eigenvalue weighted by atomic mass is 9.95. The van der Waals surface area contributed by atoms with Crippen LogP contribution >= 0.6 is 15.9 Å². The van der Waals surface area contributed by atoms with Crippen LogP contribution in [0.2, 0.25) is 0 Å². The Bertz CT molecular complexity index is 516. The number of benzene rings is 1. The topological polar surface area (TPSA) is 58.3 Å². The summed E-state index contributed by atoms with van der Waals surface area (Å²) in [6.07, 6.45) is 0.740. The molecule has 0 aliphatic rings. The van der Waals surface area contributed by atoms with Crippen molar-refractivity contribution in [3.8, 4) is 0 Å². The van der Waals surface area contributed by atoms with Gasteiger partial charge in [0.1, 0.15) is 4.60 Å². The quantitative estimate of drug-likeness (QED) is 0.813. The van der Waals surface area contributed by atoms with E-state index in [1.54, 1.807) is 0 Å². The average molecular weight is 339 g/mol. The SMILES string of the molecule is CC(NCC(CCO)c1ccccc1)c1cc(Br)no1. The van der Waals surface area contributed by atoms with Crippen LogP contribution in [-0.2, 0) is 0 Å². The second kappa shape index (κ2) is 7.57. The predicted octanol–water partition coefficient (Wildman–Crippen LogP) is 3.25. The first-order valence-electron chi connectivity index (χ1n) is 6.72. The first-order valence-corrected chi connectivity index (χ1v) is 7.51. The molecule has 0 amide bonds. The van der Waals surface area contributed by atoms with E-state index < -0.39 is 0 Å². The Morgan fingerprint density at radius 1 is 1.35 bits per heavy atom. The van der Waals surface area contributed by atoms with Crippen molar-refractivity contribution in [2.45, 2.75) is 25.3 Å². The van der Waals surface area contributed by atoms with Gasteiger partial charge in [-0.2, -0.15) is 0 Å². The molecular weight excluding hydrogens is 320 g/mol. The Hall–Kier alpha value is -1.17. The van der Waals surface area contributed by atoms with Gasteiger partial charge in [0.2, 0.25) is 0 Å². The third-order valence-corrected chi connectivity index (χ3v) is 3.72. The molecule has 2 N–H and O–H groups in total. The first kappa shape index (κ1) is 15.2. The standard InChI is InChI=1S/C15H19BrN2O2/c1-11(14-9-15(16)18-20-14)17-10-13(7-8-19)12-5-3-2-4-6-12/h2-6,9,11,13,17,19H,7-8,10H2,1H3. The van der Waals surface area contributed by atoms with Crippen LogP contribution in [0.25, 0.3) is 0 Å². The van der Waals surface area contributed by atoms with Gasteiger partial charge in [0.15, 0.2) is 5.76 Å². The number of aromatic nitrogens is 1. The normalized spacial score (nSPS) is 14.2. The van der Waals surface area contributed by atoms with Crippen LogP contribution in [0.4, 0.5) is 0 Å². The van der Waals surface area contributed by atoms with E-state index in [1.807, 2.05) is 31.2 Å². The number of aliphatic hydroxyl groups excluding tert-OH is 1. The van der Waals surface area contributed by atoms with Gasteiger partial charge in [0, 0.05) is 19.2 Å². The number of hydrogen-bond donors (Lipinski definition) is 2. The molecule has 0 bridgehead atoms. The highest BCUT2D eigenvalue weighted by molar-refractivity contribution is 9.10. The molecule has 0 fully saturated rings. The molecule has 2 aromatic rings. The highest BCUT2D eigenvalue weighted by Gasteiger charge is 2.15. The van der Waals surface area contributed by atoms with Gasteiger partial charge >= 0.3 is 0 Å². The van der Waals surface area contributed by atoms with E-state index in [0.29, 0.717) is 4.60 Å². The van der Waals surface area contributed by atoms with Crippen LogP contribution in [0.3, 0.4) is 0 Å². The summed E-state index contributed by atoms with van der Waals surface area (Å²) in [4.78, 5) is 0. The molecule has 0 radical (unpaired) electrons. The zero-order valence-corrected chi connectivity index (χ0v) is 13.0. The van der Waals surface area contributed by atoms with E-state index in [2.05, 4.69) is 38.5 Å². The Balaban J connectivity index is 1.95. The summed E-state index contributed by atoms with van der Waals surface area (Å²) < 4.78 is 5.92. The largest absolute Gasteiger partial charge is 0.396 e. The van der Waals surface area contributed by atoms with Crippen molar-refractivity contribution >= 4 is 15.9 Å². The summed E-state index contributed by atoms with van der Waals surface area (Å²) in [5, 5.41) is 16.5. The molecule has 4 nitrogen and oxygen atoms in total. The zero-order valence-electron chi connectivity index (χ0n) is 11.4. The summed E-state index contributed by atoms with van der Waals surface area (Å²) in [6.45, 7) is 3.00. The fourth-order valence-electron chi connectivity index (χ4n) is 2.16. The summed E-state index contributed by atoms with van der Waals surface area (Å²) in [5.41, 5.74) is 1.24. The minimum Gasteiger partial charge on any atom is -0.396 e. The van der Waals surface area contributed by atoms with Gasteiger partial charge in [-0.05, 0) is 40.8 Å². The summed E-state index contributed by atoms with van der Waals surface area (Å²) in [7, 11) is 0. The van der Waals surface area contributed by atoms with Crippen LogP contribution in [0.1, 0.15) is 36.6 Å². The van der Waals surface area contributed by atoms with Crippen molar-refractivity contribution in [1.82, 2.24) is 10.5 Å². The monoisotopic (exact) mass is 338 g/mol. The van der Waals surface area contributed by atoms with Crippen LogP contribution in [0.5, 0.6) is 0 Å². The maximum atomic E-state index is 9.22. The van der Waals surface area contributed by atoms with Crippen molar-refractivity contribution in [2.24, 2.45) is 0 Å². The molecule has 0 saturated carbocycles. The zero-order chi connectivity index (χ0) is 14.4. The predicted molar refractivity (Wildman–Crippen MR) is 81.5 cm³/mol. The molecule has 108 valence electrons. The molecule has 1 aromatic heterocycles.